The average molecular weight is 448 g/mol. The second-order valence-electron chi connectivity index (χ2n) is 6.88. The number of amides is 1. The predicted molar refractivity (Wildman–Crippen MR) is 131 cm³/mol. The summed E-state index contributed by atoms with van der Waals surface area (Å²) >= 11 is 6.72. The highest BCUT2D eigenvalue weighted by molar-refractivity contribution is 8.27. The Labute approximate surface area is 191 Å². The van der Waals surface area contributed by atoms with E-state index in [0.29, 0.717) is 22.4 Å². The zero-order chi connectivity index (χ0) is 21.6. The molecule has 1 amide bonds. The maximum absolute atomic E-state index is 12.8. The molecule has 0 aliphatic carbocycles. The summed E-state index contributed by atoms with van der Waals surface area (Å²) in [5.74, 6) is 1.52. The second-order valence-corrected chi connectivity index (χ2v) is 8.56. The zero-order valence-electron chi connectivity index (χ0n) is 17.0. The minimum absolute atomic E-state index is 0.102. The fourth-order valence-electron chi connectivity index (χ4n) is 3.11. The molecular weight excluding hydrogens is 426 g/mol. The molecule has 4 rings (SSSR count). The lowest BCUT2D eigenvalue weighted by Crippen LogP contribution is -2.27. The Morgan fingerprint density at radius 3 is 2.32 bits per heavy atom. The van der Waals surface area contributed by atoms with Crippen LogP contribution < -0.4 is 14.4 Å². The van der Waals surface area contributed by atoms with Gasteiger partial charge in [-0.15, -0.1) is 0 Å². The largest absolute Gasteiger partial charge is 0.490 e. The Morgan fingerprint density at radius 1 is 0.903 bits per heavy atom. The maximum Gasteiger partial charge on any atom is 0.270 e. The molecule has 0 atom stereocenters. The number of ether oxygens (including phenoxy) is 2. The monoisotopic (exact) mass is 447 g/mol. The van der Waals surface area contributed by atoms with Gasteiger partial charge in [-0.2, -0.15) is 0 Å². The lowest BCUT2D eigenvalue weighted by molar-refractivity contribution is -0.113. The molecule has 0 aromatic heterocycles. The first-order valence-electron chi connectivity index (χ1n) is 9.86. The van der Waals surface area contributed by atoms with Gasteiger partial charge >= 0.3 is 0 Å². The van der Waals surface area contributed by atoms with Crippen molar-refractivity contribution in [3.8, 4) is 11.5 Å². The van der Waals surface area contributed by atoms with E-state index in [0.717, 1.165) is 28.3 Å². The number of rotatable bonds is 7. The van der Waals surface area contributed by atoms with Gasteiger partial charge in [-0.05, 0) is 54.5 Å². The number of anilines is 1. The third-order valence-corrected chi connectivity index (χ3v) is 5.99. The molecule has 1 aliphatic heterocycles. The SMILES string of the molecule is Cc1ccccc1OCCOc1ccc(/C=C2\SC(=S)N(c3ccccc3)C2=O)cc1. The van der Waals surface area contributed by atoms with Gasteiger partial charge in [0.2, 0.25) is 0 Å². The standard InChI is InChI=1S/C25H21NO3S2/c1-18-7-5-6-10-22(18)29-16-15-28-21-13-11-19(12-14-21)17-23-24(27)26(25(30)31-23)20-8-3-2-4-9-20/h2-14,17H,15-16H2,1H3/b23-17-. The van der Waals surface area contributed by atoms with Gasteiger partial charge in [0.05, 0.1) is 10.6 Å². The van der Waals surface area contributed by atoms with Gasteiger partial charge in [0.1, 0.15) is 24.7 Å². The van der Waals surface area contributed by atoms with Crippen LogP contribution in [-0.4, -0.2) is 23.4 Å². The van der Waals surface area contributed by atoms with Gasteiger partial charge in [-0.3, -0.25) is 9.69 Å². The Bertz CT molecular complexity index is 1110. The van der Waals surface area contributed by atoms with Crippen LogP contribution in [0.15, 0.2) is 83.8 Å². The van der Waals surface area contributed by atoms with E-state index in [1.165, 1.54) is 11.8 Å². The number of nitrogens with zero attached hydrogens (tertiary/aromatic N) is 1. The number of thiocarbonyl (C=S) groups is 1. The Hall–Kier alpha value is -3.09. The lowest BCUT2D eigenvalue weighted by Gasteiger charge is -2.13. The van der Waals surface area contributed by atoms with Crippen molar-refractivity contribution in [3.63, 3.8) is 0 Å². The van der Waals surface area contributed by atoms with Crippen molar-refractivity contribution in [1.29, 1.82) is 0 Å². The van der Waals surface area contributed by atoms with Crippen molar-refractivity contribution in [2.45, 2.75) is 6.92 Å². The van der Waals surface area contributed by atoms with Crippen molar-refractivity contribution in [1.82, 2.24) is 0 Å². The topological polar surface area (TPSA) is 38.8 Å². The van der Waals surface area contributed by atoms with Crippen molar-refractivity contribution in [2.24, 2.45) is 0 Å². The highest BCUT2D eigenvalue weighted by Crippen LogP contribution is 2.36. The quantitative estimate of drug-likeness (QED) is 0.258. The molecule has 1 fully saturated rings. The molecule has 3 aromatic rings. The van der Waals surface area contributed by atoms with Crippen LogP contribution >= 0.6 is 24.0 Å². The van der Waals surface area contributed by atoms with Crippen molar-refractivity contribution in [2.75, 3.05) is 18.1 Å². The van der Waals surface area contributed by atoms with Crippen molar-refractivity contribution >= 4 is 46.0 Å². The van der Waals surface area contributed by atoms with Crippen LogP contribution in [0.4, 0.5) is 5.69 Å². The molecule has 4 nitrogen and oxygen atoms in total. The summed E-state index contributed by atoms with van der Waals surface area (Å²) in [5.41, 5.74) is 2.80. The lowest BCUT2D eigenvalue weighted by atomic mass is 10.2. The molecule has 1 heterocycles. The normalized spacial score (nSPS) is 14.9. The zero-order valence-corrected chi connectivity index (χ0v) is 18.6. The van der Waals surface area contributed by atoms with Crippen LogP contribution in [0.25, 0.3) is 6.08 Å². The first-order chi connectivity index (χ1) is 15.1. The second kappa shape index (κ2) is 9.81. The summed E-state index contributed by atoms with van der Waals surface area (Å²) in [7, 11) is 0. The van der Waals surface area contributed by atoms with E-state index < -0.39 is 0 Å². The van der Waals surface area contributed by atoms with E-state index in [1.54, 1.807) is 4.90 Å². The number of aryl methyl sites for hydroxylation is 1. The smallest absolute Gasteiger partial charge is 0.270 e. The summed E-state index contributed by atoms with van der Waals surface area (Å²) in [4.78, 5) is 15.0. The van der Waals surface area contributed by atoms with E-state index in [2.05, 4.69) is 0 Å². The molecule has 0 radical (unpaired) electrons. The Morgan fingerprint density at radius 2 is 1.58 bits per heavy atom. The molecule has 3 aromatic carbocycles. The number of carbonyl (C=O) groups is 1. The number of para-hydroxylation sites is 2. The number of thioether (sulfide) groups is 1. The van der Waals surface area contributed by atoms with Crippen LogP contribution in [0.5, 0.6) is 11.5 Å². The van der Waals surface area contributed by atoms with Crippen LogP contribution in [0.2, 0.25) is 0 Å². The van der Waals surface area contributed by atoms with Gasteiger partial charge < -0.3 is 9.47 Å². The van der Waals surface area contributed by atoms with Gasteiger partial charge in [0.25, 0.3) is 5.91 Å². The van der Waals surface area contributed by atoms with Crippen LogP contribution in [0.1, 0.15) is 11.1 Å². The van der Waals surface area contributed by atoms with E-state index in [-0.39, 0.29) is 5.91 Å². The summed E-state index contributed by atoms with van der Waals surface area (Å²) in [6.07, 6.45) is 1.85. The van der Waals surface area contributed by atoms with E-state index in [9.17, 15) is 4.79 Å². The summed E-state index contributed by atoms with van der Waals surface area (Å²) < 4.78 is 12.0. The molecule has 0 N–H and O–H groups in total. The molecule has 6 heteroatoms. The molecule has 156 valence electrons. The molecular formula is C25H21NO3S2. The third-order valence-electron chi connectivity index (χ3n) is 4.69. The van der Waals surface area contributed by atoms with Gasteiger partial charge in [-0.1, -0.05) is 72.5 Å². The van der Waals surface area contributed by atoms with E-state index in [1.807, 2.05) is 91.9 Å². The minimum atomic E-state index is -0.102. The van der Waals surface area contributed by atoms with Gasteiger partial charge in [0.15, 0.2) is 4.32 Å². The third kappa shape index (κ3) is 5.16. The number of carbonyl (C=O) groups excluding carboxylic acids is 1. The van der Waals surface area contributed by atoms with Crippen LogP contribution in [0.3, 0.4) is 0 Å². The fourth-order valence-corrected chi connectivity index (χ4v) is 4.41. The van der Waals surface area contributed by atoms with Gasteiger partial charge in [0, 0.05) is 0 Å². The molecule has 0 bridgehead atoms. The first kappa shape index (κ1) is 21.2. The highest BCUT2D eigenvalue weighted by atomic mass is 32.2. The van der Waals surface area contributed by atoms with Crippen molar-refractivity contribution in [3.05, 3.63) is 94.9 Å². The molecule has 1 saturated heterocycles. The molecule has 0 spiro atoms. The summed E-state index contributed by atoms with van der Waals surface area (Å²) in [6, 6.07) is 25.0. The maximum atomic E-state index is 12.8. The Balaban J connectivity index is 1.34. The number of benzene rings is 3. The van der Waals surface area contributed by atoms with Gasteiger partial charge in [-0.25, -0.2) is 0 Å². The average Bonchev–Trinajstić information content (AvgIpc) is 3.07. The summed E-state index contributed by atoms with van der Waals surface area (Å²) in [5, 5.41) is 0. The van der Waals surface area contributed by atoms with Crippen LogP contribution in [-0.2, 0) is 4.79 Å². The highest BCUT2D eigenvalue weighted by Gasteiger charge is 2.33. The minimum Gasteiger partial charge on any atom is -0.490 e. The Kier molecular flexibility index (Phi) is 6.70. The first-order valence-corrected chi connectivity index (χ1v) is 11.1. The fraction of sp³-hybridized carbons (Fsp3) is 0.120. The molecule has 1 aliphatic rings. The van der Waals surface area contributed by atoms with E-state index in [4.69, 9.17) is 21.7 Å². The predicted octanol–water partition coefficient (Wildman–Crippen LogP) is 5.86. The summed E-state index contributed by atoms with van der Waals surface area (Å²) in [6.45, 7) is 2.93. The molecule has 0 unspecified atom stereocenters. The number of hydrogen-bond acceptors (Lipinski definition) is 5. The number of hydrogen-bond donors (Lipinski definition) is 0. The molecule has 31 heavy (non-hydrogen) atoms. The van der Waals surface area contributed by atoms with E-state index >= 15 is 0 Å². The van der Waals surface area contributed by atoms with Crippen molar-refractivity contribution < 1.29 is 14.3 Å². The van der Waals surface area contributed by atoms with Crippen LogP contribution in [0, 0.1) is 6.92 Å². The molecule has 0 saturated carbocycles.